The van der Waals surface area contributed by atoms with Crippen LogP contribution in [0.4, 0.5) is 5.69 Å². The van der Waals surface area contributed by atoms with Crippen molar-refractivity contribution in [1.29, 1.82) is 0 Å². The average molecular weight is 455 g/mol. The Bertz CT molecular complexity index is 1280. The van der Waals surface area contributed by atoms with Gasteiger partial charge in [-0.15, -0.1) is 11.3 Å². The Kier molecular flexibility index (Phi) is 5.73. The smallest absolute Gasteiger partial charge is 0.268 e. The van der Waals surface area contributed by atoms with Gasteiger partial charge in [-0.25, -0.2) is 4.98 Å². The Morgan fingerprint density at radius 2 is 1.76 bits per heavy atom. The molecule has 5 heteroatoms. The van der Waals surface area contributed by atoms with Crippen LogP contribution in [-0.4, -0.2) is 17.0 Å². The lowest BCUT2D eigenvalue weighted by atomic mass is 10.0. The summed E-state index contributed by atoms with van der Waals surface area (Å²) in [7, 11) is 0. The highest BCUT2D eigenvalue weighted by Crippen LogP contribution is 2.39. The van der Waals surface area contributed by atoms with Crippen molar-refractivity contribution >= 4 is 22.9 Å². The van der Waals surface area contributed by atoms with Crippen LogP contribution >= 0.6 is 11.3 Å². The molecule has 0 fully saturated rings. The molecule has 1 aliphatic heterocycles. The molecule has 0 spiro atoms. The van der Waals surface area contributed by atoms with E-state index in [1.54, 1.807) is 18.3 Å². The monoisotopic (exact) mass is 454 g/mol. The van der Waals surface area contributed by atoms with Gasteiger partial charge in [-0.2, -0.15) is 0 Å². The zero-order valence-electron chi connectivity index (χ0n) is 19.0. The number of carbonyl (C=O) groups is 1. The van der Waals surface area contributed by atoms with Crippen LogP contribution in [0.15, 0.2) is 78.2 Å². The van der Waals surface area contributed by atoms with Crippen LogP contribution in [0.5, 0.6) is 5.75 Å². The predicted octanol–water partition coefficient (Wildman–Crippen LogP) is 6.91. The van der Waals surface area contributed by atoms with E-state index in [1.807, 2.05) is 41.3 Å². The number of fused-ring (bicyclic) bond motifs is 1. The van der Waals surface area contributed by atoms with Crippen LogP contribution in [0.1, 0.15) is 37.8 Å². The van der Waals surface area contributed by atoms with Crippen molar-refractivity contribution in [2.24, 2.45) is 0 Å². The summed E-state index contributed by atoms with van der Waals surface area (Å²) >= 11 is 1.62. The van der Waals surface area contributed by atoms with E-state index in [-0.39, 0.29) is 5.91 Å². The van der Waals surface area contributed by atoms with Crippen LogP contribution in [0, 0.1) is 0 Å². The molecular formula is C28H26N2O2S. The molecule has 1 unspecified atom stereocenters. The van der Waals surface area contributed by atoms with E-state index in [0.717, 1.165) is 38.8 Å². The fourth-order valence-electron chi connectivity index (χ4n) is 4.04. The second-order valence-electron chi connectivity index (χ2n) is 8.67. The maximum atomic E-state index is 13.1. The van der Waals surface area contributed by atoms with Crippen molar-refractivity contribution in [2.75, 3.05) is 4.90 Å². The van der Waals surface area contributed by atoms with Gasteiger partial charge in [-0.1, -0.05) is 68.4 Å². The van der Waals surface area contributed by atoms with E-state index in [2.05, 4.69) is 55.6 Å². The zero-order chi connectivity index (χ0) is 22.9. The van der Waals surface area contributed by atoms with E-state index >= 15 is 0 Å². The first-order chi connectivity index (χ1) is 16.0. The molecule has 1 amide bonds. The molecule has 33 heavy (non-hydrogen) atoms. The van der Waals surface area contributed by atoms with E-state index in [9.17, 15) is 4.79 Å². The molecule has 166 valence electrons. The summed E-state index contributed by atoms with van der Waals surface area (Å²) in [5.74, 6) is 1.17. The highest BCUT2D eigenvalue weighted by Gasteiger charge is 2.32. The van der Waals surface area contributed by atoms with E-state index in [4.69, 9.17) is 9.72 Å². The van der Waals surface area contributed by atoms with E-state index in [0.29, 0.717) is 12.5 Å². The average Bonchev–Trinajstić information content (AvgIpc) is 3.33. The number of benzene rings is 3. The molecule has 1 atom stereocenters. The lowest BCUT2D eigenvalue weighted by Crippen LogP contribution is -2.44. The van der Waals surface area contributed by atoms with Crippen LogP contribution in [0.3, 0.4) is 0 Å². The fourth-order valence-corrected chi connectivity index (χ4v) is 4.87. The summed E-state index contributed by atoms with van der Waals surface area (Å²) in [6.07, 6.45) is -0.512. The topological polar surface area (TPSA) is 42.4 Å². The number of amides is 1. The summed E-state index contributed by atoms with van der Waals surface area (Å²) in [6.45, 7) is 6.68. The minimum absolute atomic E-state index is 0.0316. The molecule has 1 aliphatic rings. The van der Waals surface area contributed by atoms with Gasteiger partial charge in [0.1, 0.15) is 10.8 Å². The van der Waals surface area contributed by atoms with Gasteiger partial charge in [0, 0.05) is 16.5 Å². The largest absolute Gasteiger partial charge is 0.479 e. The second kappa shape index (κ2) is 8.83. The Labute approximate surface area is 198 Å². The Hall–Kier alpha value is -3.44. The molecule has 2 heterocycles. The van der Waals surface area contributed by atoms with Gasteiger partial charge >= 0.3 is 0 Å². The number of thiazole rings is 1. The highest BCUT2D eigenvalue weighted by atomic mass is 32.1. The third-order valence-electron chi connectivity index (χ3n) is 5.98. The highest BCUT2D eigenvalue weighted by molar-refractivity contribution is 7.13. The SMILES string of the molecule is CC1Oc2ccc(-c3csc(-c4ccccc4)n3)cc2N(Cc2ccc(C(C)C)cc2)C1=O. The molecule has 3 aromatic carbocycles. The van der Waals surface area contributed by atoms with Gasteiger partial charge in [0.25, 0.3) is 5.91 Å². The maximum Gasteiger partial charge on any atom is 0.268 e. The summed E-state index contributed by atoms with van der Waals surface area (Å²) < 4.78 is 5.92. The third kappa shape index (κ3) is 4.29. The number of ether oxygens (including phenoxy) is 1. The van der Waals surface area contributed by atoms with Gasteiger partial charge in [0.15, 0.2) is 6.10 Å². The van der Waals surface area contributed by atoms with E-state index < -0.39 is 6.10 Å². The van der Waals surface area contributed by atoms with Crippen molar-refractivity contribution in [3.8, 4) is 27.6 Å². The van der Waals surface area contributed by atoms with Crippen molar-refractivity contribution in [2.45, 2.75) is 39.3 Å². The molecule has 0 saturated carbocycles. The molecule has 0 bridgehead atoms. The number of rotatable bonds is 5. The number of anilines is 1. The summed E-state index contributed by atoms with van der Waals surface area (Å²) in [4.78, 5) is 19.8. The number of aromatic nitrogens is 1. The van der Waals surface area contributed by atoms with Crippen LogP contribution in [-0.2, 0) is 11.3 Å². The van der Waals surface area contributed by atoms with Crippen molar-refractivity contribution < 1.29 is 9.53 Å². The lowest BCUT2D eigenvalue weighted by molar-refractivity contribution is -0.125. The summed E-state index contributed by atoms with van der Waals surface area (Å²) in [6, 6.07) is 24.7. The number of carbonyl (C=O) groups excluding carboxylic acids is 1. The number of hydrogen-bond donors (Lipinski definition) is 0. The maximum absolute atomic E-state index is 13.1. The molecular weight excluding hydrogens is 428 g/mol. The molecule has 0 aliphatic carbocycles. The normalized spacial score (nSPS) is 15.5. The molecule has 0 radical (unpaired) electrons. The first-order valence-corrected chi connectivity index (χ1v) is 12.1. The molecule has 1 aromatic heterocycles. The van der Waals surface area contributed by atoms with Crippen LogP contribution in [0.25, 0.3) is 21.8 Å². The first-order valence-electron chi connectivity index (χ1n) is 11.2. The zero-order valence-corrected chi connectivity index (χ0v) is 19.8. The molecule has 4 nitrogen and oxygen atoms in total. The first kappa shape index (κ1) is 21.4. The molecule has 0 saturated heterocycles. The fraction of sp³-hybridized carbons (Fsp3) is 0.214. The van der Waals surface area contributed by atoms with Gasteiger partial charge in [0.05, 0.1) is 17.9 Å². The van der Waals surface area contributed by atoms with Crippen molar-refractivity contribution in [3.05, 3.63) is 89.3 Å². The molecule has 0 N–H and O–H groups in total. The van der Waals surface area contributed by atoms with Gasteiger partial charge < -0.3 is 9.64 Å². The van der Waals surface area contributed by atoms with Gasteiger partial charge in [0.2, 0.25) is 0 Å². The number of hydrogen-bond acceptors (Lipinski definition) is 4. The summed E-state index contributed by atoms with van der Waals surface area (Å²) in [5.41, 5.74) is 6.15. The predicted molar refractivity (Wildman–Crippen MR) is 135 cm³/mol. The van der Waals surface area contributed by atoms with Crippen molar-refractivity contribution in [1.82, 2.24) is 4.98 Å². The standard InChI is InChI=1S/C28H26N2O2S/c1-18(2)21-11-9-20(10-12-21)16-30-25-15-23(13-14-26(25)32-19(3)28(30)31)24-17-33-27(29-24)22-7-5-4-6-8-22/h4-15,17-19H,16H2,1-3H3. The third-order valence-corrected chi connectivity index (χ3v) is 6.87. The summed E-state index contributed by atoms with van der Waals surface area (Å²) in [5, 5.41) is 3.04. The number of nitrogens with zero attached hydrogens (tertiary/aromatic N) is 2. The van der Waals surface area contributed by atoms with Gasteiger partial charge in [-0.3, -0.25) is 4.79 Å². The van der Waals surface area contributed by atoms with Gasteiger partial charge in [-0.05, 0) is 42.2 Å². The second-order valence-corrected chi connectivity index (χ2v) is 9.53. The molecule has 4 aromatic rings. The van der Waals surface area contributed by atoms with E-state index in [1.165, 1.54) is 5.56 Å². The Morgan fingerprint density at radius 3 is 2.48 bits per heavy atom. The Balaban J connectivity index is 1.48. The van der Waals surface area contributed by atoms with Crippen molar-refractivity contribution in [3.63, 3.8) is 0 Å². The van der Waals surface area contributed by atoms with Crippen LogP contribution in [0.2, 0.25) is 0 Å². The van der Waals surface area contributed by atoms with Crippen LogP contribution < -0.4 is 9.64 Å². The lowest BCUT2D eigenvalue weighted by Gasteiger charge is -2.33. The minimum atomic E-state index is -0.512. The minimum Gasteiger partial charge on any atom is -0.479 e. The Morgan fingerprint density at radius 1 is 1.00 bits per heavy atom. The molecule has 5 rings (SSSR count). The quantitative estimate of drug-likeness (QED) is 0.329.